The number of ether oxygens (including phenoxy) is 2. The van der Waals surface area contributed by atoms with Crippen LogP contribution in [-0.4, -0.2) is 25.3 Å². The van der Waals surface area contributed by atoms with Gasteiger partial charge in [-0.05, 0) is 42.3 Å². The highest BCUT2D eigenvalue weighted by Crippen LogP contribution is 2.33. The molecule has 0 amide bonds. The minimum absolute atomic E-state index is 0.576. The highest BCUT2D eigenvalue weighted by molar-refractivity contribution is 5.96. The summed E-state index contributed by atoms with van der Waals surface area (Å²) in [5, 5.41) is 9.22. The van der Waals surface area contributed by atoms with Crippen LogP contribution in [0.4, 0.5) is 0 Å². The molecule has 0 aliphatic heterocycles. The Balaban J connectivity index is 2.66. The Morgan fingerprint density at radius 3 is 2.50 bits per heavy atom. The summed E-state index contributed by atoms with van der Waals surface area (Å²) < 4.78 is 10.6. The summed E-state index contributed by atoms with van der Waals surface area (Å²) in [4.78, 5) is 11.2. The Labute approximate surface area is 129 Å². The zero-order valence-corrected chi connectivity index (χ0v) is 12.8. The smallest absolute Gasteiger partial charge is 0.328 e. The number of benzene rings is 2. The Hall–Kier alpha value is -2.75. The number of hydrogen-bond donors (Lipinski definition) is 1. The summed E-state index contributed by atoms with van der Waals surface area (Å²) >= 11 is 0. The van der Waals surface area contributed by atoms with Crippen molar-refractivity contribution in [2.45, 2.75) is 6.92 Å². The fourth-order valence-corrected chi connectivity index (χ4v) is 2.26. The first-order chi connectivity index (χ1) is 10.5. The number of carbonyl (C=O) groups is 1. The molecular formula is C18H18O4. The molecule has 0 aliphatic rings. The zero-order valence-electron chi connectivity index (χ0n) is 12.8. The van der Waals surface area contributed by atoms with E-state index in [2.05, 4.69) is 0 Å². The van der Waals surface area contributed by atoms with E-state index in [-0.39, 0.29) is 0 Å². The molecular weight excluding hydrogens is 280 g/mol. The summed E-state index contributed by atoms with van der Waals surface area (Å²) in [6.45, 7) is 1.95. The Morgan fingerprint density at radius 1 is 1.09 bits per heavy atom. The molecule has 4 nitrogen and oxygen atoms in total. The van der Waals surface area contributed by atoms with Gasteiger partial charge in [0.15, 0.2) is 0 Å². The zero-order chi connectivity index (χ0) is 16.1. The van der Waals surface area contributed by atoms with E-state index in [9.17, 15) is 9.90 Å². The molecule has 1 N–H and O–H groups in total. The second-order valence-electron chi connectivity index (χ2n) is 4.83. The third-order valence-corrected chi connectivity index (χ3v) is 3.29. The summed E-state index contributed by atoms with van der Waals surface area (Å²) in [6.07, 6.45) is 1.19. The van der Waals surface area contributed by atoms with Gasteiger partial charge in [-0.3, -0.25) is 0 Å². The minimum Gasteiger partial charge on any atom is -0.497 e. The molecule has 2 rings (SSSR count). The summed E-state index contributed by atoms with van der Waals surface area (Å²) in [5.74, 6) is 0.280. The van der Waals surface area contributed by atoms with Crippen LogP contribution in [0.3, 0.4) is 0 Å². The molecule has 0 unspecified atom stereocenters. The van der Waals surface area contributed by atoms with Crippen molar-refractivity contribution in [3.63, 3.8) is 0 Å². The normalized spacial score (nSPS) is 11.1. The monoisotopic (exact) mass is 298 g/mol. The highest BCUT2D eigenvalue weighted by Gasteiger charge is 2.13. The van der Waals surface area contributed by atoms with Gasteiger partial charge in [-0.1, -0.05) is 23.8 Å². The van der Waals surface area contributed by atoms with Crippen LogP contribution in [0.25, 0.3) is 5.57 Å². The maximum absolute atomic E-state index is 11.2. The van der Waals surface area contributed by atoms with Crippen LogP contribution in [0.1, 0.15) is 16.7 Å². The summed E-state index contributed by atoms with van der Waals surface area (Å²) in [7, 11) is 3.14. The number of methoxy groups -OCH3 is 2. The molecule has 0 saturated carbocycles. The number of hydrogen-bond acceptors (Lipinski definition) is 3. The van der Waals surface area contributed by atoms with E-state index < -0.39 is 5.97 Å². The van der Waals surface area contributed by atoms with Gasteiger partial charge in [0.1, 0.15) is 11.5 Å². The van der Waals surface area contributed by atoms with E-state index in [1.807, 2.05) is 43.3 Å². The summed E-state index contributed by atoms with van der Waals surface area (Å²) in [6, 6.07) is 13.0. The van der Waals surface area contributed by atoms with Crippen molar-refractivity contribution >= 4 is 11.5 Å². The first-order valence-electron chi connectivity index (χ1n) is 6.79. The third kappa shape index (κ3) is 3.47. The first-order valence-corrected chi connectivity index (χ1v) is 6.79. The lowest BCUT2D eigenvalue weighted by atomic mass is 9.95. The van der Waals surface area contributed by atoms with Gasteiger partial charge in [-0.2, -0.15) is 0 Å². The maximum atomic E-state index is 11.2. The first kappa shape index (κ1) is 15.6. The molecule has 0 radical (unpaired) electrons. The number of aryl methyl sites for hydroxylation is 1. The highest BCUT2D eigenvalue weighted by atomic mass is 16.5. The van der Waals surface area contributed by atoms with Gasteiger partial charge >= 0.3 is 5.97 Å². The minimum atomic E-state index is -1.01. The van der Waals surface area contributed by atoms with Crippen molar-refractivity contribution in [2.75, 3.05) is 14.2 Å². The maximum Gasteiger partial charge on any atom is 0.328 e. The van der Waals surface area contributed by atoms with E-state index in [1.54, 1.807) is 20.3 Å². The van der Waals surface area contributed by atoms with Crippen molar-refractivity contribution in [1.29, 1.82) is 0 Å². The van der Waals surface area contributed by atoms with E-state index in [0.29, 0.717) is 17.1 Å². The van der Waals surface area contributed by atoms with E-state index in [4.69, 9.17) is 9.47 Å². The molecule has 0 fully saturated rings. The van der Waals surface area contributed by atoms with Crippen LogP contribution < -0.4 is 9.47 Å². The summed E-state index contributed by atoms with van der Waals surface area (Å²) in [5.41, 5.74) is 3.09. The van der Waals surface area contributed by atoms with Crippen molar-refractivity contribution in [3.8, 4) is 11.5 Å². The fourth-order valence-electron chi connectivity index (χ4n) is 2.26. The molecule has 0 saturated heterocycles. The van der Waals surface area contributed by atoms with Gasteiger partial charge < -0.3 is 14.6 Å². The lowest BCUT2D eigenvalue weighted by Crippen LogP contribution is -1.98. The number of aliphatic carboxylic acids is 1. The molecule has 114 valence electrons. The van der Waals surface area contributed by atoms with Crippen molar-refractivity contribution in [1.82, 2.24) is 0 Å². The van der Waals surface area contributed by atoms with Gasteiger partial charge in [0.2, 0.25) is 0 Å². The molecule has 2 aromatic rings. The standard InChI is InChI=1S/C18H18O4/c1-12-7-8-17(22-3)16(9-12)15(11-18(19)20)13-5-4-6-14(10-13)21-2/h4-11H,1-3H3,(H,19,20)/b15-11+. The predicted octanol–water partition coefficient (Wildman–Crippen LogP) is 3.53. The van der Waals surface area contributed by atoms with Crippen LogP contribution in [-0.2, 0) is 4.79 Å². The second-order valence-corrected chi connectivity index (χ2v) is 4.83. The van der Waals surface area contributed by atoms with Crippen LogP contribution in [0.2, 0.25) is 0 Å². The van der Waals surface area contributed by atoms with Crippen LogP contribution >= 0.6 is 0 Å². The van der Waals surface area contributed by atoms with Gasteiger partial charge in [0.05, 0.1) is 14.2 Å². The van der Waals surface area contributed by atoms with Gasteiger partial charge in [0.25, 0.3) is 0 Å². The molecule has 0 bridgehead atoms. The van der Waals surface area contributed by atoms with E-state index in [1.165, 1.54) is 6.08 Å². The average Bonchev–Trinajstić information content (AvgIpc) is 2.52. The molecule has 0 atom stereocenters. The molecule has 4 heteroatoms. The van der Waals surface area contributed by atoms with Gasteiger partial charge in [-0.25, -0.2) is 4.79 Å². The van der Waals surface area contributed by atoms with Crippen LogP contribution in [0.15, 0.2) is 48.5 Å². The topological polar surface area (TPSA) is 55.8 Å². The molecule has 0 spiro atoms. The largest absolute Gasteiger partial charge is 0.497 e. The van der Waals surface area contributed by atoms with Crippen molar-refractivity contribution < 1.29 is 19.4 Å². The predicted molar refractivity (Wildman–Crippen MR) is 85.4 cm³/mol. The fraction of sp³-hybridized carbons (Fsp3) is 0.167. The lowest BCUT2D eigenvalue weighted by Gasteiger charge is -2.14. The number of rotatable bonds is 5. The van der Waals surface area contributed by atoms with E-state index >= 15 is 0 Å². The number of carboxylic acid groups (broad SMARTS) is 1. The Bertz CT molecular complexity index is 717. The quantitative estimate of drug-likeness (QED) is 0.858. The Kier molecular flexibility index (Phi) is 4.84. The van der Waals surface area contributed by atoms with Gasteiger partial charge in [0, 0.05) is 11.6 Å². The third-order valence-electron chi connectivity index (χ3n) is 3.29. The van der Waals surface area contributed by atoms with Gasteiger partial charge in [-0.15, -0.1) is 0 Å². The molecule has 2 aromatic carbocycles. The number of carboxylic acids is 1. The second kappa shape index (κ2) is 6.80. The molecule has 0 aromatic heterocycles. The Morgan fingerprint density at radius 2 is 1.86 bits per heavy atom. The van der Waals surface area contributed by atoms with E-state index in [0.717, 1.165) is 16.7 Å². The molecule has 22 heavy (non-hydrogen) atoms. The van der Waals surface area contributed by atoms with Crippen molar-refractivity contribution in [3.05, 3.63) is 65.2 Å². The average molecular weight is 298 g/mol. The molecule has 0 aliphatic carbocycles. The SMILES string of the molecule is COc1cccc(/C(=C\C(=O)O)c2cc(C)ccc2OC)c1. The molecule has 0 heterocycles. The van der Waals surface area contributed by atoms with Crippen molar-refractivity contribution in [2.24, 2.45) is 0 Å². The lowest BCUT2D eigenvalue weighted by molar-refractivity contribution is -0.131. The van der Waals surface area contributed by atoms with Crippen LogP contribution in [0.5, 0.6) is 11.5 Å². The van der Waals surface area contributed by atoms with Crippen LogP contribution in [0, 0.1) is 6.92 Å².